The molecule has 0 bridgehead atoms. The zero-order valence-corrected chi connectivity index (χ0v) is 19.3. The van der Waals surface area contributed by atoms with Gasteiger partial charge in [0.05, 0.1) is 19.8 Å². The van der Waals surface area contributed by atoms with Gasteiger partial charge in [-0.1, -0.05) is 24.3 Å². The molecule has 0 aromatic heterocycles. The van der Waals surface area contributed by atoms with E-state index < -0.39 is 5.82 Å². The van der Waals surface area contributed by atoms with Crippen LogP contribution in [0.5, 0.6) is 17.2 Å². The summed E-state index contributed by atoms with van der Waals surface area (Å²) in [5.74, 6) is 0.830. The van der Waals surface area contributed by atoms with E-state index in [1.54, 1.807) is 31.4 Å². The van der Waals surface area contributed by atoms with Crippen LogP contribution < -0.4 is 14.2 Å². The normalized spacial score (nSPS) is 11.1. The first-order valence-electron chi connectivity index (χ1n) is 10.5. The predicted octanol–water partition coefficient (Wildman–Crippen LogP) is 5.35. The summed E-state index contributed by atoms with van der Waals surface area (Å²) in [5, 5.41) is 0. The lowest BCUT2D eigenvalue weighted by atomic mass is 9.99. The van der Waals surface area contributed by atoms with E-state index in [2.05, 4.69) is 0 Å². The molecule has 3 aromatic rings. The van der Waals surface area contributed by atoms with Crippen LogP contribution in [0.25, 0.3) is 17.2 Å². The zero-order chi connectivity index (χ0) is 23.8. The van der Waals surface area contributed by atoms with Crippen molar-refractivity contribution in [2.24, 2.45) is 0 Å². The molecule has 172 valence electrons. The van der Waals surface area contributed by atoms with E-state index in [9.17, 15) is 9.18 Å². The highest BCUT2D eigenvalue weighted by molar-refractivity contribution is 6.09. The third-order valence-corrected chi connectivity index (χ3v) is 5.08. The zero-order valence-electron chi connectivity index (χ0n) is 19.3. The molecule has 0 spiro atoms. The number of likely N-dealkylation sites (N-methyl/N-ethyl adjacent to an activating group) is 1. The van der Waals surface area contributed by atoms with Gasteiger partial charge in [-0.2, -0.15) is 0 Å². The minimum Gasteiger partial charge on any atom is -0.497 e. The van der Waals surface area contributed by atoms with E-state index >= 15 is 0 Å². The molecule has 0 aliphatic heterocycles. The lowest BCUT2D eigenvalue weighted by molar-refractivity contribution is 0.104. The minimum absolute atomic E-state index is 0.290. The predicted molar refractivity (Wildman–Crippen MR) is 129 cm³/mol. The Morgan fingerprint density at radius 2 is 1.76 bits per heavy atom. The molecule has 6 heteroatoms. The molecule has 0 fully saturated rings. The number of benzene rings is 3. The third kappa shape index (κ3) is 6.20. The van der Waals surface area contributed by atoms with Crippen LogP contribution in [0.15, 0.2) is 66.7 Å². The Balaban J connectivity index is 1.96. The number of hydrogen-bond donors (Lipinski definition) is 0. The van der Waals surface area contributed by atoms with Gasteiger partial charge in [-0.05, 0) is 62.1 Å². The van der Waals surface area contributed by atoms with Crippen molar-refractivity contribution in [3.63, 3.8) is 0 Å². The van der Waals surface area contributed by atoms with E-state index in [1.807, 2.05) is 49.3 Å². The number of nitrogens with zero attached hydrogens (tertiary/aromatic N) is 1. The lowest BCUT2D eigenvalue weighted by Gasteiger charge is -2.15. The Labute approximate surface area is 194 Å². The van der Waals surface area contributed by atoms with Gasteiger partial charge < -0.3 is 19.1 Å². The maximum absolute atomic E-state index is 14.3. The molecular weight excluding hydrogens is 421 g/mol. The van der Waals surface area contributed by atoms with Gasteiger partial charge in [-0.15, -0.1) is 0 Å². The summed E-state index contributed by atoms with van der Waals surface area (Å²) in [6.07, 6.45) is 2.81. The van der Waals surface area contributed by atoms with Crippen LogP contribution in [0, 0.1) is 5.82 Å². The lowest BCUT2D eigenvalue weighted by Crippen LogP contribution is -2.20. The second kappa shape index (κ2) is 11.3. The van der Waals surface area contributed by atoms with Crippen molar-refractivity contribution in [1.29, 1.82) is 0 Å². The van der Waals surface area contributed by atoms with Gasteiger partial charge in [0.25, 0.3) is 0 Å². The number of methoxy groups -OCH3 is 2. The third-order valence-electron chi connectivity index (χ3n) is 5.08. The number of para-hydroxylation sites is 1. The molecule has 0 aliphatic rings. The van der Waals surface area contributed by atoms with Gasteiger partial charge in [-0.3, -0.25) is 4.79 Å². The van der Waals surface area contributed by atoms with Gasteiger partial charge in [0.15, 0.2) is 5.78 Å². The van der Waals surface area contributed by atoms with E-state index in [-0.39, 0.29) is 5.78 Å². The molecule has 0 atom stereocenters. The van der Waals surface area contributed by atoms with Crippen molar-refractivity contribution in [3.8, 4) is 28.4 Å². The fraction of sp³-hybridized carbons (Fsp3) is 0.222. The summed E-state index contributed by atoms with van der Waals surface area (Å²) in [6.45, 7) is 1.13. The Morgan fingerprint density at radius 3 is 2.45 bits per heavy atom. The molecule has 0 unspecified atom stereocenters. The Bertz CT molecular complexity index is 1140. The summed E-state index contributed by atoms with van der Waals surface area (Å²) in [6, 6.07) is 17.5. The van der Waals surface area contributed by atoms with Crippen LogP contribution in [0.3, 0.4) is 0 Å². The van der Waals surface area contributed by atoms with E-state index in [4.69, 9.17) is 14.2 Å². The van der Waals surface area contributed by atoms with Gasteiger partial charge in [0, 0.05) is 23.7 Å². The molecule has 33 heavy (non-hydrogen) atoms. The topological polar surface area (TPSA) is 48.0 Å². The first-order chi connectivity index (χ1) is 15.9. The highest BCUT2D eigenvalue weighted by Gasteiger charge is 2.15. The molecule has 3 rings (SSSR count). The Hall–Kier alpha value is -3.64. The maximum Gasteiger partial charge on any atom is 0.189 e. The summed E-state index contributed by atoms with van der Waals surface area (Å²) in [4.78, 5) is 15.1. The van der Waals surface area contributed by atoms with E-state index in [0.717, 1.165) is 11.1 Å². The van der Waals surface area contributed by atoms with Crippen molar-refractivity contribution in [2.75, 3.05) is 41.5 Å². The monoisotopic (exact) mass is 449 g/mol. The van der Waals surface area contributed by atoms with Gasteiger partial charge >= 0.3 is 0 Å². The molecule has 0 saturated heterocycles. The molecule has 0 amide bonds. The fourth-order valence-corrected chi connectivity index (χ4v) is 3.26. The molecule has 0 heterocycles. The second-order valence-corrected chi connectivity index (χ2v) is 7.65. The Morgan fingerprint density at radius 1 is 0.970 bits per heavy atom. The van der Waals surface area contributed by atoms with Gasteiger partial charge in [0.1, 0.15) is 29.7 Å². The quantitative estimate of drug-likeness (QED) is 0.309. The largest absolute Gasteiger partial charge is 0.497 e. The van der Waals surface area contributed by atoms with Crippen LogP contribution in [0.4, 0.5) is 4.39 Å². The average molecular weight is 450 g/mol. The van der Waals surface area contributed by atoms with Gasteiger partial charge in [-0.25, -0.2) is 4.39 Å². The van der Waals surface area contributed by atoms with Crippen molar-refractivity contribution in [1.82, 2.24) is 4.90 Å². The number of ketones is 1. The number of allylic oxidation sites excluding steroid dienone is 1. The van der Waals surface area contributed by atoms with Crippen LogP contribution in [-0.4, -0.2) is 52.1 Å². The molecule has 3 aromatic carbocycles. The van der Waals surface area contributed by atoms with Gasteiger partial charge in [0.2, 0.25) is 0 Å². The molecule has 0 N–H and O–H groups in total. The Kier molecular flexibility index (Phi) is 8.22. The first kappa shape index (κ1) is 24.0. The first-order valence-corrected chi connectivity index (χ1v) is 10.5. The molecule has 0 saturated carbocycles. The summed E-state index contributed by atoms with van der Waals surface area (Å²) < 4.78 is 30.7. The smallest absolute Gasteiger partial charge is 0.189 e. The average Bonchev–Trinajstić information content (AvgIpc) is 2.82. The fourth-order valence-electron chi connectivity index (χ4n) is 3.26. The standard InChI is InChI=1S/C27H28FNO4/c1-29(2)15-16-33-27-14-11-20(22-7-5-6-8-26(22)32-4)17-23(27)25(30)13-10-19-9-12-21(31-3)18-24(19)28/h5-14,17-18H,15-16H2,1-4H3. The van der Waals surface area contributed by atoms with E-state index in [0.29, 0.717) is 41.5 Å². The number of carbonyl (C=O) groups is 1. The van der Waals surface area contributed by atoms with Crippen molar-refractivity contribution >= 4 is 11.9 Å². The minimum atomic E-state index is -0.469. The molecule has 0 radical (unpaired) electrons. The summed E-state index contributed by atoms with van der Waals surface area (Å²) >= 11 is 0. The number of rotatable bonds is 10. The SMILES string of the molecule is COc1ccc(C=CC(=O)c2cc(-c3ccccc3OC)ccc2OCCN(C)C)c(F)c1. The van der Waals surface area contributed by atoms with Crippen molar-refractivity contribution in [2.45, 2.75) is 0 Å². The molecule has 5 nitrogen and oxygen atoms in total. The second-order valence-electron chi connectivity index (χ2n) is 7.65. The van der Waals surface area contributed by atoms with Crippen LogP contribution >= 0.6 is 0 Å². The van der Waals surface area contributed by atoms with Crippen LogP contribution in [0.1, 0.15) is 15.9 Å². The van der Waals surface area contributed by atoms with Crippen molar-refractivity contribution < 1.29 is 23.4 Å². The van der Waals surface area contributed by atoms with Crippen LogP contribution in [0.2, 0.25) is 0 Å². The maximum atomic E-state index is 14.3. The van der Waals surface area contributed by atoms with Crippen LogP contribution in [-0.2, 0) is 0 Å². The number of halogens is 1. The van der Waals surface area contributed by atoms with E-state index in [1.165, 1.54) is 25.3 Å². The summed E-state index contributed by atoms with van der Waals surface area (Å²) in [7, 11) is 6.98. The molecular formula is C27H28FNO4. The number of ether oxygens (including phenoxy) is 3. The number of hydrogen-bond acceptors (Lipinski definition) is 5. The highest BCUT2D eigenvalue weighted by Crippen LogP contribution is 2.33. The summed E-state index contributed by atoms with van der Waals surface area (Å²) in [5.41, 5.74) is 2.36. The molecule has 0 aliphatic carbocycles. The van der Waals surface area contributed by atoms with Crippen molar-refractivity contribution in [3.05, 3.63) is 83.7 Å². The highest BCUT2D eigenvalue weighted by atomic mass is 19.1. The number of carbonyl (C=O) groups excluding carboxylic acids is 1.